The fourth-order valence-corrected chi connectivity index (χ4v) is 4.49. The summed E-state index contributed by atoms with van der Waals surface area (Å²) in [6, 6.07) is 2.04. The Balaban J connectivity index is 1.68. The molecule has 7 nitrogen and oxygen atoms in total. The predicted octanol–water partition coefficient (Wildman–Crippen LogP) is 1.96. The fourth-order valence-electron chi connectivity index (χ4n) is 4.49. The van der Waals surface area contributed by atoms with Crippen molar-refractivity contribution in [2.45, 2.75) is 12.8 Å². The van der Waals surface area contributed by atoms with Gasteiger partial charge in [0.25, 0.3) is 7.41 Å². The van der Waals surface area contributed by atoms with Gasteiger partial charge in [0.05, 0.1) is 6.19 Å². The van der Waals surface area contributed by atoms with Crippen molar-refractivity contribution in [1.29, 1.82) is 10.8 Å². The van der Waals surface area contributed by atoms with Crippen LogP contribution in [-0.2, 0) is 4.79 Å². The van der Waals surface area contributed by atoms with Gasteiger partial charge in [0, 0.05) is 65.5 Å². The second kappa shape index (κ2) is 7.11. The van der Waals surface area contributed by atoms with Gasteiger partial charge in [-0.15, -0.1) is 0 Å². The van der Waals surface area contributed by atoms with Crippen LogP contribution in [0.15, 0.2) is 24.5 Å². The molecular weight excluding hydrogens is 339 g/mol. The molecule has 1 spiro atoms. The highest BCUT2D eigenvalue weighted by Crippen LogP contribution is 2.43. The number of H-pyrrole nitrogens is 1. The van der Waals surface area contributed by atoms with E-state index < -0.39 is 0 Å². The third-order valence-corrected chi connectivity index (χ3v) is 5.80. The zero-order valence-corrected chi connectivity index (χ0v) is 15.1. The fraction of sp³-hybridized carbons (Fsp3) is 0.368. The van der Waals surface area contributed by atoms with Gasteiger partial charge in [0.15, 0.2) is 0 Å². The Morgan fingerprint density at radius 3 is 2.93 bits per heavy atom. The molecule has 8 heteroatoms. The van der Waals surface area contributed by atoms with E-state index in [2.05, 4.69) is 19.7 Å². The molecule has 0 aliphatic carbocycles. The van der Waals surface area contributed by atoms with E-state index in [9.17, 15) is 4.79 Å². The zero-order chi connectivity index (χ0) is 18.9. The number of rotatable bonds is 6. The van der Waals surface area contributed by atoms with E-state index in [-0.39, 0.29) is 5.41 Å². The Morgan fingerprint density at radius 1 is 1.30 bits per heavy atom. The Bertz CT molecular complexity index is 922. The van der Waals surface area contributed by atoms with Crippen LogP contribution in [0.3, 0.4) is 0 Å². The topological polar surface area (TPSA) is 99.9 Å². The summed E-state index contributed by atoms with van der Waals surface area (Å²) >= 11 is 0. The highest BCUT2D eigenvalue weighted by molar-refractivity contribution is 6.64. The Kier molecular flexibility index (Phi) is 4.65. The minimum absolute atomic E-state index is 0.223. The minimum atomic E-state index is 0.223. The number of hydrogen-bond acceptors (Lipinski definition) is 6. The average molecular weight is 361 g/mol. The molecule has 0 bridgehead atoms. The molecule has 137 valence electrons. The summed E-state index contributed by atoms with van der Waals surface area (Å²) in [5, 5.41) is 16.1. The van der Waals surface area contributed by atoms with E-state index in [0.29, 0.717) is 5.57 Å². The van der Waals surface area contributed by atoms with Crippen LogP contribution in [0.4, 0.5) is 5.69 Å². The molecule has 0 saturated carbocycles. The van der Waals surface area contributed by atoms with Crippen LogP contribution in [0.25, 0.3) is 16.6 Å². The number of nitrogens with zero attached hydrogens (tertiary/aromatic N) is 3. The minimum Gasteiger partial charge on any atom is -0.370 e. The van der Waals surface area contributed by atoms with Gasteiger partial charge < -0.3 is 30.3 Å². The monoisotopic (exact) mass is 361 g/mol. The van der Waals surface area contributed by atoms with Crippen LogP contribution in [0, 0.1) is 16.2 Å². The second-order valence-electron chi connectivity index (χ2n) is 7.37. The summed E-state index contributed by atoms with van der Waals surface area (Å²) in [4.78, 5) is 23.0. The number of anilines is 1. The van der Waals surface area contributed by atoms with E-state index in [0.717, 1.165) is 67.5 Å². The number of aromatic nitrogens is 2. The van der Waals surface area contributed by atoms with Gasteiger partial charge >= 0.3 is 0 Å². The van der Waals surface area contributed by atoms with Crippen molar-refractivity contribution >= 4 is 48.3 Å². The zero-order valence-electron chi connectivity index (χ0n) is 15.1. The van der Waals surface area contributed by atoms with Gasteiger partial charge in [-0.05, 0) is 38.1 Å². The number of fused-ring (bicyclic) bond motifs is 1. The van der Waals surface area contributed by atoms with Crippen molar-refractivity contribution in [2.75, 3.05) is 31.1 Å². The van der Waals surface area contributed by atoms with E-state index >= 15 is 0 Å². The number of carbonyl (C=O) groups excluding carboxylic acids is 1. The predicted molar refractivity (Wildman–Crippen MR) is 110 cm³/mol. The van der Waals surface area contributed by atoms with Crippen LogP contribution in [0.1, 0.15) is 18.4 Å². The number of pyridine rings is 1. The van der Waals surface area contributed by atoms with E-state index in [1.165, 1.54) is 12.4 Å². The lowest BCUT2D eigenvalue weighted by atomic mass is 9.85. The van der Waals surface area contributed by atoms with Crippen LogP contribution < -0.4 is 4.90 Å². The van der Waals surface area contributed by atoms with Gasteiger partial charge in [-0.25, -0.2) is 4.98 Å². The number of nitrogens with one attached hydrogen (secondary N) is 3. The standard InChI is InChI=1S/C19H22BN6O/c21-5-1-14(9-22)15-10-24-18-17(15)16(2-6-23-18)25-7-3-19(11-25)4-8-26(12-19)20-13-27/h1-2,5-6,9-10,13,21-22H,3-4,7-8,11-12H2,(H,23,24)/b14-1+,21-5?,22-9?. The summed E-state index contributed by atoms with van der Waals surface area (Å²) in [6.07, 6.45) is 10.9. The molecular formula is C19H22BN6O. The summed E-state index contributed by atoms with van der Waals surface area (Å²) in [5.41, 5.74) is 3.72. The molecule has 27 heavy (non-hydrogen) atoms. The van der Waals surface area contributed by atoms with Crippen molar-refractivity contribution in [1.82, 2.24) is 14.8 Å². The maximum absolute atomic E-state index is 10.8. The maximum Gasteiger partial charge on any atom is 0.293 e. The molecule has 3 N–H and O–H groups in total. The van der Waals surface area contributed by atoms with Crippen LogP contribution in [0.5, 0.6) is 0 Å². The normalized spacial score (nSPS) is 23.3. The largest absolute Gasteiger partial charge is 0.370 e. The molecule has 2 aliphatic rings. The maximum atomic E-state index is 10.8. The third-order valence-electron chi connectivity index (χ3n) is 5.80. The van der Waals surface area contributed by atoms with Gasteiger partial charge in [-0.2, -0.15) is 0 Å². The Labute approximate surface area is 158 Å². The lowest BCUT2D eigenvalue weighted by Gasteiger charge is -2.26. The molecule has 0 aromatic carbocycles. The highest BCUT2D eigenvalue weighted by atomic mass is 16.1. The van der Waals surface area contributed by atoms with E-state index in [1.807, 2.05) is 18.5 Å². The first-order valence-corrected chi connectivity index (χ1v) is 9.15. The molecule has 2 aromatic heterocycles. The summed E-state index contributed by atoms with van der Waals surface area (Å²) in [7, 11) is 1.66. The summed E-state index contributed by atoms with van der Waals surface area (Å²) < 4.78 is 0. The molecule has 1 radical (unpaired) electrons. The highest BCUT2D eigenvalue weighted by Gasteiger charge is 2.43. The SMILES string of the molecule is N=C/C=C(\C=N)c1c[nH]c2nccc(N3CCC4(CCN([B]C=O)C4)C3)c12. The molecule has 2 aromatic rings. The van der Waals surface area contributed by atoms with Crippen molar-refractivity contribution in [3.05, 3.63) is 30.1 Å². The third kappa shape index (κ3) is 3.10. The molecule has 1 unspecified atom stereocenters. The molecule has 4 rings (SSSR count). The number of hydrogen-bond donors (Lipinski definition) is 3. The Morgan fingerprint density at radius 2 is 2.15 bits per heavy atom. The first-order valence-electron chi connectivity index (χ1n) is 9.15. The van der Waals surface area contributed by atoms with Gasteiger partial charge in [-0.3, -0.25) is 0 Å². The van der Waals surface area contributed by atoms with Crippen LogP contribution in [0.2, 0.25) is 0 Å². The lowest BCUT2D eigenvalue weighted by molar-refractivity contribution is 0.346. The number of aromatic amines is 1. The number of carbonyl (C=O) groups is 1. The molecule has 2 aliphatic heterocycles. The van der Waals surface area contributed by atoms with Crippen LogP contribution >= 0.6 is 0 Å². The van der Waals surface area contributed by atoms with E-state index in [4.69, 9.17) is 10.8 Å². The molecule has 2 fully saturated rings. The van der Waals surface area contributed by atoms with Crippen molar-refractivity contribution in [3.8, 4) is 0 Å². The molecule has 1 atom stereocenters. The van der Waals surface area contributed by atoms with Crippen LogP contribution in [-0.4, -0.2) is 67.0 Å². The van der Waals surface area contributed by atoms with Crippen molar-refractivity contribution in [2.24, 2.45) is 5.41 Å². The average Bonchev–Trinajstić information content (AvgIpc) is 3.39. The molecule has 4 heterocycles. The summed E-state index contributed by atoms with van der Waals surface area (Å²) in [5.74, 6) is 0. The van der Waals surface area contributed by atoms with E-state index in [1.54, 1.807) is 13.5 Å². The molecule has 2 saturated heterocycles. The van der Waals surface area contributed by atoms with Gasteiger partial charge in [0.1, 0.15) is 5.65 Å². The second-order valence-corrected chi connectivity index (χ2v) is 7.37. The molecule has 0 amide bonds. The Hall–Kier alpha value is -2.74. The first kappa shape index (κ1) is 17.7. The van der Waals surface area contributed by atoms with Crippen molar-refractivity contribution in [3.63, 3.8) is 0 Å². The smallest absolute Gasteiger partial charge is 0.293 e. The van der Waals surface area contributed by atoms with Crippen molar-refractivity contribution < 1.29 is 4.79 Å². The van der Waals surface area contributed by atoms with Gasteiger partial charge in [-0.1, -0.05) is 0 Å². The van der Waals surface area contributed by atoms with Gasteiger partial charge in [0.2, 0.25) is 0 Å². The lowest BCUT2D eigenvalue weighted by Crippen LogP contribution is -2.33. The summed E-state index contributed by atoms with van der Waals surface area (Å²) in [6.45, 7) is 3.78. The first-order chi connectivity index (χ1) is 13.2. The number of allylic oxidation sites excluding steroid dienone is 2. The quantitative estimate of drug-likeness (QED) is 0.416.